The van der Waals surface area contributed by atoms with E-state index in [2.05, 4.69) is 10.3 Å². The Hall–Kier alpha value is -1.36. The van der Waals surface area contributed by atoms with E-state index in [1.165, 1.54) is 7.11 Å². The summed E-state index contributed by atoms with van der Waals surface area (Å²) in [6.07, 6.45) is 4.60. The fourth-order valence-electron chi connectivity index (χ4n) is 2.68. The molecule has 0 aliphatic heterocycles. The number of allylic oxidation sites excluding steroid dienone is 2. The summed E-state index contributed by atoms with van der Waals surface area (Å²) in [4.78, 5) is 27.2. The first kappa shape index (κ1) is 10.2. The van der Waals surface area contributed by atoms with Crippen LogP contribution in [-0.2, 0) is 14.4 Å². The van der Waals surface area contributed by atoms with Gasteiger partial charge < -0.3 is 5.11 Å². The molecule has 2 aliphatic carbocycles. The van der Waals surface area contributed by atoms with Crippen molar-refractivity contribution in [2.75, 3.05) is 7.11 Å². The zero-order valence-electron chi connectivity index (χ0n) is 8.34. The van der Waals surface area contributed by atoms with Crippen molar-refractivity contribution >= 4 is 11.9 Å². The van der Waals surface area contributed by atoms with Gasteiger partial charge >= 0.3 is 5.97 Å². The second-order valence-electron chi connectivity index (χ2n) is 4.01. The molecular weight excluding hydrogens is 198 g/mol. The van der Waals surface area contributed by atoms with Crippen LogP contribution in [0, 0.1) is 23.7 Å². The lowest BCUT2D eigenvalue weighted by atomic mass is 9.82. The molecule has 5 heteroatoms. The van der Waals surface area contributed by atoms with Crippen LogP contribution in [0.5, 0.6) is 0 Å². The van der Waals surface area contributed by atoms with Crippen molar-refractivity contribution in [3.63, 3.8) is 0 Å². The zero-order valence-corrected chi connectivity index (χ0v) is 8.34. The Bertz CT molecular complexity index is 325. The van der Waals surface area contributed by atoms with Gasteiger partial charge in [-0.3, -0.25) is 14.4 Å². The van der Waals surface area contributed by atoms with E-state index in [0.29, 0.717) is 0 Å². The van der Waals surface area contributed by atoms with Gasteiger partial charge in [0, 0.05) is 0 Å². The molecule has 2 bridgehead atoms. The summed E-state index contributed by atoms with van der Waals surface area (Å²) in [5, 5.41) is 9.07. The van der Waals surface area contributed by atoms with Crippen molar-refractivity contribution in [1.29, 1.82) is 0 Å². The lowest BCUT2D eigenvalue weighted by molar-refractivity contribution is -0.150. The third-order valence-electron chi connectivity index (χ3n) is 3.25. The van der Waals surface area contributed by atoms with Gasteiger partial charge in [-0.25, -0.2) is 5.48 Å². The van der Waals surface area contributed by atoms with Crippen LogP contribution < -0.4 is 5.48 Å². The lowest BCUT2D eigenvalue weighted by Gasteiger charge is -2.22. The molecule has 0 heterocycles. The van der Waals surface area contributed by atoms with Crippen LogP contribution in [0.25, 0.3) is 0 Å². The predicted octanol–water partition coefficient (Wildman–Crippen LogP) is 0.187. The number of carbonyl (C=O) groups excluding carboxylic acids is 1. The second-order valence-corrected chi connectivity index (χ2v) is 4.01. The Morgan fingerprint density at radius 1 is 1.33 bits per heavy atom. The molecule has 0 aromatic heterocycles. The van der Waals surface area contributed by atoms with Gasteiger partial charge in [-0.1, -0.05) is 12.2 Å². The molecule has 2 N–H and O–H groups in total. The molecule has 1 saturated carbocycles. The van der Waals surface area contributed by atoms with Gasteiger partial charge in [0.25, 0.3) is 0 Å². The molecule has 1 amide bonds. The molecule has 0 spiro atoms. The number of rotatable bonds is 3. The Balaban J connectivity index is 2.19. The molecule has 2 rings (SSSR count). The molecule has 82 valence electrons. The molecule has 2 aliphatic rings. The average Bonchev–Trinajstić information content (AvgIpc) is 2.76. The number of carboxylic acids is 1. The largest absolute Gasteiger partial charge is 0.481 e. The molecule has 5 nitrogen and oxygen atoms in total. The van der Waals surface area contributed by atoms with E-state index >= 15 is 0 Å². The molecule has 1 fully saturated rings. The number of amides is 1. The van der Waals surface area contributed by atoms with E-state index in [0.717, 1.165) is 6.42 Å². The first-order valence-electron chi connectivity index (χ1n) is 4.89. The van der Waals surface area contributed by atoms with Gasteiger partial charge in [0.05, 0.1) is 18.9 Å². The molecule has 0 radical (unpaired) electrons. The topological polar surface area (TPSA) is 75.6 Å². The standard InChI is InChI=1S/C10H13NO4/c1-15-11-9(12)7-5-2-3-6(4-5)8(7)10(13)14/h2-3,5-8H,4H2,1H3,(H,11,12)(H,13,14). The van der Waals surface area contributed by atoms with Crippen LogP contribution in [0.15, 0.2) is 12.2 Å². The number of aliphatic carboxylic acids is 1. The Morgan fingerprint density at radius 2 is 1.93 bits per heavy atom. The third kappa shape index (κ3) is 1.52. The summed E-state index contributed by atoms with van der Waals surface area (Å²) >= 11 is 0. The molecule has 0 saturated heterocycles. The van der Waals surface area contributed by atoms with E-state index in [1.807, 2.05) is 12.2 Å². The summed E-state index contributed by atoms with van der Waals surface area (Å²) in [5.41, 5.74) is 2.22. The number of nitrogens with one attached hydrogen (secondary N) is 1. The van der Waals surface area contributed by atoms with Crippen LogP contribution in [-0.4, -0.2) is 24.1 Å². The van der Waals surface area contributed by atoms with Crippen molar-refractivity contribution in [2.45, 2.75) is 6.42 Å². The highest BCUT2D eigenvalue weighted by Gasteiger charge is 2.51. The van der Waals surface area contributed by atoms with Crippen molar-refractivity contribution in [2.24, 2.45) is 23.7 Å². The van der Waals surface area contributed by atoms with Gasteiger partial charge in [-0.15, -0.1) is 0 Å². The van der Waals surface area contributed by atoms with Gasteiger partial charge in [0.1, 0.15) is 0 Å². The molecule has 4 atom stereocenters. The number of carboxylic acid groups (broad SMARTS) is 1. The smallest absolute Gasteiger partial charge is 0.307 e. The molecule has 15 heavy (non-hydrogen) atoms. The first-order valence-corrected chi connectivity index (χ1v) is 4.89. The second kappa shape index (κ2) is 3.66. The zero-order chi connectivity index (χ0) is 11.0. The van der Waals surface area contributed by atoms with Crippen molar-refractivity contribution in [3.05, 3.63) is 12.2 Å². The Labute approximate surface area is 87.1 Å². The van der Waals surface area contributed by atoms with E-state index in [1.54, 1.807) is 0 Å². The van der Waals surface area contributed by atoms with E-state index < -0.39 is 17.8 Å². The van der Waals surface area contributed by atoms with Crippen molar-refractivity contribution in [1.82, 2.24) is 5.48 Å². The molecule has 0 aromatic carbocycles. The number of hydroxylamine groups is 1. The quantitative estimate of drug-likeness (QED) is 0.516. The monoisotopic (exact) mass is 211 g/mol. The number of carbonyl (C=O) groups is 2. The number of hydrogen-bond acceptors (Lipinski definition) is 3. The Kier molecular flexibility index (Phi) is 2.48. The highest BCUT2D eigenvalue weighted by molar-refractivity contribution is 5.86. The average molecular weight is 211 g/mol. The maximum Gasteiger partial charge on any atom is 0.307 e. The van der Waals surface area contributed by atoms with Crippen LogP contribution in [0.4, 0.5) is 0 Å². The van der Waals surface area contributed by atoms with Crippen molar-refractivity contribution in [3.8, 4) is 0 Å². The summed E-state index contributed by atoms with van der Waals surface area (Å²) in [6.45, 7) is 0. The van der Waals surface area contributed by atoms with Gasteiger partial charge in [-0.2, -0.15) is 0 Å². The van der Waals surface area contributed by atoms with Crippen LogP contribution in [0.1, 0.15) is 6.42 Å². The fraction of sp³-hybridized carbons (Fsp3) is 0.600. The summed E-state index contributed by atoms with van der Waals surface area (Å²) in [5.74, 6) is -2.27. The summed E-state index contributed by atoms with van der Waals surface area (Å²) in [6, 6.07) is 0. The predicted molar refractivity (Wildman–Crippen MR) is 50.5 cm³/mol. The SMILES string of the molecule is CONC(=O)C1C2C=CC(C2)C1C(=O)O. The van der Waals surface area contributed by atoms with Crippen LogP contribution in [0.2, 0.25) is 0 Å². The minimum atomic E-state index is -0.900. The number of hydrogen-bond donors (Lipinski definition) is 2. The van der Waals surface area contributed by atoms with Gasteiger partial charge in [0.2, 0.25) is 5.91 Å². The summed E-state index contributed by atoms with van der Waals surface area (Å²) < 4.78 is 0. The van der Waals surface area contributed by atoms with Gasteiger partial charge in [-0.05, 0) is 18.3 Å². The third-order valence-corrected chi connectivity index (χ3v) is 3.25. The maximum absolute atomic E-state index is 11.6. The highest BCUT2D eigenvalue weighted by Crippen LogP contribution is 2.48. The molecule has 4 unspecified atom stereocenters. The number of fused-ring (bicyclic) bond motifs is 2. The molecule has 0 aromatic rings. The highest BCUT2D eigenvalue weighted by atomic mass is 16.6. The van der Waals surface area contributed by atoms with Gasteiger partial charge in [0.15, 0.2) is 0 Å². The normalized spacial score (nSPS) is 36.9. The van der Waals surface area contributed by atoms with Crippen LogP contribution >= 0.6 is 0 Å². The van der Waals surface area contributed by atoms with E-state index in [9.17, 15) is 9.59 Å². The first-order chi connectivity index (χ1) is 7.15. The van der Waals surface area contributed by atoms with E-state index in [-0.39, 0.29) is 17.7 Å². The fourth-order valence-corrected chi connectivity index (χ4v) is 2.68. The minimum absolute atomic E-state index is 0.0000983. The van der Waals surface area contributed by atoms with E-state index in [4.69, 9.17) is 5.11 Å². The Morgan fingerprint density at radius 3 is 2.47 bits per heavy atom. The minimum Gasteiger partial charge on any atom is -0.481 e. The van der Waals surface area contributed by atoms with Crippen LogP contribution in [0.3, 0.4) is 0 Å². The van der Waals surface area contributed by atoms with Crippen molar-refractivity contribution < 1.29 is 19.5 Å². The molecular formula is C10H13NO4. The lowest BCUT2D eigenvalue weighted by Crippen LogP contribution is -2.39. The summed E-state index contributed by atoms with van der Waals surface area (Å²) in [7, 11) is 1.34. The maximum atomic E-state index is 11.6.